The lowest BCUT2D eigenvalue weighted by molar-refractivity contribution is 0.0689. The molecule has 0 saturated heterocycles. The van der Waals surface area contributed by atoms with E-state index in [0.29, 0.717) is 25.7 Å². The highest BCUT2D eigenvalue weighted by Crippen LogP contribution is 2.24. The molecule has 1 saturated carbocycles. The minimum Gasteiger partial charge on any atom is -0.477 e. The maximum atomic E-state index is 12.1. The normalized spacial score (nSPS) is 22.0. The van der Waals surface area contributed by atoms with Crippen molar-refractivity contribution in [1.29, 1.82) is 0 Å². The molecule has 7 nitrogen and oxygen atoms in total. The lowest BCUT2D eigenvalue weighted by Crippen LogP contribution is -2.40. The van der Waals surface area contributed by atoms with Crippen LogP contribution in [-0.2, 0) is 9.84 Å². The number of carbonyl (C=O) groups is 2. The van der Waals surface area contributed by atoms with Gasteiger partial charge in [0.2, 0.25) is 0 Å². The molecule has 0 spiro atoms. The predicted octanol–water partition coefficient (Wildman–Crippen LogP) is 0.865. The summed E-state index contributed by atoms with van der Waals surface area (Å²) in [7, 11) is -3.02. The number of hydrogen-bond acceptors (Lipinski definition) is 5. The fourth-order valence-corrected chi connectivity index (χ4v) is 3.69. The number of amides is 1. The quantitative estimate of drug-likeness (QED) is 0.848. The Labute approximate surface area is 128 Å². The largest absolute Gasteiger partial charge is 0.477 e. The molecule has 1 aromatic heterocycles. The van der Waals surface area contributed by atoms with Gasteiger partial charge in [-0.15, -0.1) is 0 Å². The standard InChI is InChI=1S/C14H18N2O5S/c1-22(20,21)11-5-3-10(4-6-11)16-13(17)9-2-7-12(14(18)19)15-8-9/h2,7-8,10-11H,3-6H2,1H3,(H,16,17)(H,18,19). The first kappa shape index (κ1) is 16.4. The van der Waals surface area contributed by atoms with Crippen LogP contribution in [0, 0.1) is 0 Å². The molecular weight excluding hydrogens is 308 g/mol. The highest BCUT2D eigenvalue weighted by molar-refractivity contribution is 7.91. The Balaban J connectivity index is 1.92. The number of nitrogens with zero attached hydrogens (tertiary/aromatic N) is 1. The van der Waals surface area contributed by atoms with Gasteiger partial charge in [-0.25, -0.2) is 18.2 Å². The van der Waals surface area contributed by atoms with Crippen LogP contribution in [0.3, 0.4) is 0 Å². The molecule has 0 atom stereocenters. The first-order valence-electron chi connectivity index (χ1n) is 6.96. The van der Waals surface area contributed by atoms with Crippen molar-refractivity contribution in [3.63, 3.8) is 0 Å². The molecule has 0 bridgehead atoms. The number of carboxylic acids is 1. The second-order valence-electron chi connectivity index (χ2n) is 5.51. The predicted molar refractivity (Wildman–Crippen MR) is 79.6 cm³/mol. The summed E-state index contributed by atoms with van der Waals surface area (Å²) < 4.78 is 23.0. The summed E-state index contributed by atoms with van der Waals surface area (Å²) in [6.45, 7) is 0. The highest BCUT2D eigenvalue weighted by Gasteiger charge is 2.28. The summed E-state index contributed by atoms with van der Waals surface area (Å²) in [5, 5.41) is 11.3. The fraction of sp³-hybridized carbons (Fsp3) is 0.500. The van der Waals surface area contributed by atoms with Gasteiger partial charge in [0.15, 0.2) is 0 Å². The third-order valence-corrected chi connectivity index (χ3v) is 5.54. The van der Waals surface area contributed by atoms with Crippen LogP contribution < -0.4 is 5.32 Å². The van der Waals surface area contributed by atoms with E-state index in [2.05, 4.69) is 10.3 Å². The van der Waals surface area contributed by atoms with E-state index in [-0.39, 0.29) is 28.5 Å². The van der Waals surface area contributed by atoms with Crippen LogP contribution in [0.4, 0.5) is 0 Å². The van der Waals surface area contributed by atoms with Gasteiger partial charge in [-0.05, 0) is 37.8 Å². The molecule has 0 aromatic carbocycles. The number of carbonyl (C=O) groups excluding carboxylic acids is 1. The maximum Gasteiger partial charge on any atom is 0.354 e. The molecule has 8 heteroatoms. The van der Waals surface area contributed by atoms with Crippen molar-refractivity contribution in [2.24, 2.45) is 0 Å². The van der Waals surface area contributed by atoms with Crippen molar-refractivity contribution < 1.29 is 23.1 Å². The highest BCUT2D eigenvalue weighted by atomic mass is 32.2. The molecular formula is C14H18N2O5S. The maximum absolute atomic E-state index is 12.1. The first-order chi connectivity index (χ1) is 10.3. The van der Waals surface area contributed by atoms with Crippen LogP contribution in [0.25, 0.3) is 0 Å². The van der Waals surface area contributed by atoms with Gasteiger partial charge in [-0.1, -0.05) is 0 Å². The third kappa shape index (κ3) is 4.03. The Morgan fingerprint density at radius 2 is 1.86 bits per heavy atom. The van der Waals surface area contributed by atoms with Crippen molar-refractivity contribution in [2.45, 2.75) is 37.0 Å². The molecule has 1 aliphatic carbocycles. The van der Waals surface area contributed by atoms with E-state index in [1.807, 2.05) is 0 Å². The van der Waals surface area contributed by atoms with Gasteiger partial charge < -0.3 is 10.4 Å². The summed E-state index contributed by atoms with van der Waals surface area (Å²) >= 11 is 0. The topological polar surface area (TPSA) is 113 Å². The van der Waals surface area contributed by atoms with Crippen molar-refractivity contribution in [1.82, 2.24) is 10.3 Å². The van der Waals surface area contributed by atoms with Gasteiger partial charge in [-0.3, -0.25) is 4.79 Å². The molecule has 2 N–H and O–H groups in total. The van der Waals surface area contributed by atoms with Gasteiger partial charge >= 0.3 is 5.97 Å². The number of sulfone groups is 1. The van der Waals surface area contributed by atoms with Crippen LogP contribution in [0.2, 0.25) is 0 Å². The monoisotopic (exact) mass is 326 g/mol. The molecule has 2 rings (SSSR count). The zero-order valence-electron chi connectivity index (χ0n) is 12.2. The van der Waals surface area contributed by atoms with E-state index in [4.69, 9.17) is 5.11 Å². The third-order valence-electron chi connectivity index (χ3n) is 3.86. The van der Waals surface area contributed by atoms with Gasteiger partial charge in [0.25, 0.3) is 5.91 Å². The summed E-state index contributed by atoms with van der Waals surface area (Å²) in [4.78, 5) is 26.5. The van der Waals surface area contributed by atoms with Crippen molar-refractivity contribution in [3.8, 4) is 0 Å². The molecule has 1 amide bonds. The minimum absolute atomic E-state index is 0.0651. The van der Waals surface area contributed by atoms with Gasteiger partial charge in [0, 0.05) is 18.5 Å². The van der Waals surface area contributed by atoms with Gasteiger partial charge in [-0.2, -0.15) is 0 Å². The number of nitrogens with one attached hydrogen (secondary N) is 1. The Morgan fingerprint density at radius 3 is 2.32 bits per heavy atom. The average molecular weight is 326 g/mol. The lowest BCUT2D eigenvalue weighted by atomic mass is 9.95. The Hall–Kier alpha value is -1.96. The summed E-state index contributed by atoms with van der Waals surface area (Å²) in [6.07, 6.45) is 4.78. The molecule has 120 valence electrons. The molecule has 0 radical (unpaired) electrons. The Kier molecular flexibility index (Phi) is 4.80. The fourth-order valence-electron chi connectivity index (χ4n) is 2.56. The summed E-state index contributed by atoms with van der Waals surface area (Å²) in [5.41, 5.74) is 0.167. The Bertz CT molecular complexity index is 661. The van der Waals surface area contributed by atoms with E-state index in [0.717, 1.165) is 0 Å². The van der Waals surface area contributed by atoms with Crippen LogP contribution in [0.15, 0.2) is 18.3 Å². The molecule has 22 heavy (non-hydrogen) atoms. The van der Waals surface area contributed by atoms with Crippen molar-refractivity contribution in [2.75, 3.05) is 6.26 Å². The van der Waals surface area contributed by atoms with E-state index in [9.17, 15) is 18.0 Å². The van der Waals surface area contributed by atoms with Gasteiger partial charge in [0.05, 0.1) is 10.8 Å². The number of aromatic carboxylic acids is 1. The van der Waals surface area contributed by atoms with Crippen LogP contribution in [0.5, 0.6) is 0 Å². The minimum atomic E-state index is -3.02. The number of rotatable bonds is 4. The lowest BCUT2D eigenvalue weighted by Gasteiger charge is -2.28. The Morgan fingerprint density at radius 1 is 1.23 bits per heavy atom. The number of hydrogen-bond donors (Lipinski definition) is 2. The second kappa shape index (κ2) is 6.43. The molecule has 0 unspecified atom stereocenters. The van der Waals surface area contributed by atoms with Crippen LogP contribution in [0.1, 0.15) is 46.5 Å². The zero-order chi connectivity index (χ0) is 16.3. The number of carboxylic acid groups (broad SMARTS) is 1. The molecule has 1 aliphatic rings. The molecule has 1 fully saturated rings. The van der Waals surface area contributed by atoms with Crippen LogP contribution >= 0.6 is 0 Å². The van der Waals surface area contributed by atoms with E-state index in [1.54, 1.807) is 0 Å². The molecule has 1 aromatic rings. The van der Waals surface area contributed by atoms with Crippen molar-refractivity contribution in [3.05, 3.63) is 29.6 Å². The number of pyridine rings is 1. The van der Waals surface area contributed by atoms with E-state index >= 15 is 0 Å². The van der Waals surface area contributed by atoms with Crippen LogP contribution in [-0.4, -0.2) is 47.9 Å². The first-order valence-corrected chi connectivity index (χ1v) is 8.92. The molecule has 0 aliphatic heterocycles. The number of aromatic nitrogens is 1. The SMILES string of the molecule is CS(=O)(=O)C1CCC(NC(=O)c2ccc(C(=O)O)nc2)CC1. The van der Waals surface area contributed by atoms with Crippen molar-refractivity contribution >= 4 is 21.7 Å². The second-order valence-corrected chi connectivity index (χ2v) is 7.84. The van der Waals surface area contributed by atoms with E-state index < -0.39 is 15.8 Å². The van der Waals surface area contributed by atoms with Gasteiger partial charge in [0.1, 0.15) is 15.5 Å². The molecule has 1 heterocycles. The summed E-state index contributed by atoms with van der Waals surface area (Å²) in [6, 6.07) is 2.62. The smallest absolute Gasteiger partial charge is 0.354 e. The average Bonchev–Trinajstić information content (AvgIpc) is 2.47. The summed E-state index contributed by atoms with van der Waals surface area (Å²) in [5.74, 6) is -1.47. The van der Waals surface area contributed by atoms with E-state index in [1.165, 1.54) is 24.6 Å². The zero-order valence-corrected chi connectivity index (χ0v) is 13.0.